The van der Waals surface area contributed by atoms with Gasteiger partial charge in [0.1, 0.15) is 0 Å². The molecule has 6 heteroatoms. The zero-order chi connectivity index (χ0) is 14.1. The minimum atomic E-state index is 0. The summed E-state index contributed by atoms with van der Waals surface area (Å²) in [5, 5.41) is 0.618. The van der Waals surface area contributed by atoms with Gasteiger partial charge in [-0.1, -0.05) is 23.7 Å². The maximum Gasteiger partial charge on any atom is 0.268 e. The lowest BCUT2D eigenvalue weighted by molar-refractivity contribution is -0.657. The van der Waals surface area contributed by atoms with Crippen molar-refractivity contribution < 1.29 is 26.3 Å². The molecule has 0 aliphatic heterocycles. The van der Waals surface area contributed by atoms with Crippen LogP contribution in [-0.2, 0) is 6.54 Å². The first-order chi connectivity index (χ1) is 9.65. The van der Waals surface area contributed by atoms with Crippen LogP contribution in [-0.4, -0.2) is 10.5 Å². The van der Waals surface area contributed by atoms with Gasteiger partial charge in [0.25, 0.3) is 6.33 Å². The molecule has 0 aliphatic rings. The Morgan fingerprint density at radius 1 is 1.14 bits per heavy atom. The largest absolute Gasteiger partial charge is 1.00 e. The molecule has 0 aliphatic carbocycles. The number of rotatable bonds is 3. The summed E-state index contributed by atoms with van der Waals surface area (Å²) in [5.74, 6) is 5.90. The van der Waals surface area contributed by atoms with Crippen LogP contribution >= 0.6 is 11.6 Å². The van der Waals surface area contributed by atoms with Crippen molar-refractivity contribution in [2.24, 2.45) is 0 Å². The number of benzene rings is 2. The maximum atomic E-state index is 12.3. The SMILES string of the molecule is Nn1c[n+](CC(=O)c2ccc(Cl)cc2)c2ccccc21.[Br-]. The number of nitrogens with two attached hydrogens (primary N) is 1. The summed E-state index contributed by atoms with van der Waals surface area (Å²) in [5.41, 5.74) is 2.45. The van der Waals surface area contributed by atoms with Crippen LogP contribution in [0.5, 0.6) is 0 Å². The zero-order valence-corrected chi connectivity index (χ0v) is 13.4. The first-order valence-electron chi connectivity index (χ1n) is 6.18. The number of nitrogens with zero attached hydrogens (tertiary/aromatic N) is 2. The van der Waals surface area contributed by atoms with E-state index in [-0.39, 0.29) is 29.3 Å². The highest BCUT2D eigenvalue weighted by Gasteiger charge is 2.17. The number of hydrogen-bond acceptors (Lipinski definition) is 2. The number of imidazole rings is 1. The number of Topliss-reactive ketones (excluding diaryl/α,β-unsaturated/α-hetero) is 1. The third kappa shape index (κ3) is 3.09. The average molecular weight is 367 g/mol. The van der Waals surface area contributed by atoms with Crippen molar-refractivity contribution in [3.63, 3.8) is 0 Å². The van der Waals surface area contributed by atoms with Gasteiger partial charge in [0, 0.05) is 10.6 Å². The molecule has 2 aromatic carbocycles. The number of carbonyl (C=O) groups excluding carboxylic acids is 1. The number of halogens is 2. The summed E-state index contributed by atoms with van der Waals surface area (Å²) < 4.78 is 3.36. The summed E-state index contributed by atoms with van der Waals surface area (Å²) in [7, 11) is 0. The van der Waals surface area contributed by atoms with E-state index in [1.807, 2.05) is 28.8 Å². The van der Waals surface area contributed by atoms with E-state index in [0.717, 1.165) is 11.0 Å². The van der Waals surface area contributed by atoms with Crippen LogP contribution in [0.4, 0.5) is 0 Å². The fraction of sp³-hybridized carbons (Fsp3) is 0.0667. The van der Waals surface area contributed by atoms with Gasteiger partial charge in [-0.05, 0) is 36.4 Å². The molecule has 0 saturated heterocycles. The van der Waals surface area contributed by atoms with Crippen molar-refractivity contribution in [3.05, 3.63) is 65.4 Å². The molecule has 1 aromatic heterocycles. The van der Waals surface area contributed by atoms with Crippen molar-refractivity contribution in [1.82, 2.24) is 4.68 Å². The molecule has 4 nitrogen and oxygen atoms in total. The monoisotopic (exact) mass is 365 g/mol. The van der Waals surface area contributed by atoms with Crippen molar-refractivity contribution in [3.8, 4) is 0 Å². The molecule has 0 unspecified atom stereocenters. The summed E-state index contributed by atoms with van der Waals surface area (Å²) in [6, 6.07) is 14.6. The second-order valence-electron chi connectivity index (χ2n) is 4.57. The molecule has 0 amide bonds. The summed E-state index contributed by atoms with van der Waals surface area (Å²) in [6.45, 7) is 0.242. The van der Waals surface area contributed by atoms with Gasteiger partial charge in [0.05, 0.1) is 0 Å². The Kier molecular flexibility index (Phi) is 4.65. The molecule has 21 heavy (non-hydrogen) atoms. The topological polar surface area (TPSA) is 51.9 Å². The Labute approximate surface area is 137 Å². The van der Waals surface area contributed by atoms with Crippen molar-refractivity contribution in [2.45, 2.75) is 6.54 Å². The van der Waals surface area contributed by atoms with Crippen LogP contribution in [0, 0.1) is 0 Å². The Morgan fingerprint density at radius 2 is 1.81 bits per heavy atom. The first kappa shape index (κ1) is 15.5. The van der Waals surface area contributed by atoms with Gasteiger partial charge in [0.15, 0.2) is 17.6 Å². The number of nitrogen functional groups attached to an aromatic ring is 1. The van der Waals surface area contributed by atoms with Gasteiger partial charge >= 0.3 is 0 Å². The zero-order valence-electron chi connectivity index (χ0n) is 11.0. The van der Waals surface area contributed by atoms with Gasteiger partial charge in [-0.2, -0.15) is 0 Å². The van der Waals surface area contributed by atoms with E-state index in [4.69, 9.17) is 17.4 Å². The van der Waals surface area contributed by atoms with Gasteiger partial charge in [-0.3, -0.25) is 10.6 Å². The molecule has 0 fully saturated rings. The van der Waals surface area contributed by atoms with Crippen molar-refractivity contribution in [2.75, 3.05) is 5.84 Å². The highest BCUT2D eigenvalue weighted by Crippen LogP contribution is 2.11. The Morgan fingerprint density at radius 3 is 2.52 bits per heavy atom. The van der Waals surface area contributed by atoms with Crippen LogP contribution < -0.4 is 27.4 Å². The molecule has 0 bridgehead atoms. The standard InChI is InChI=1S/C15H13ClN3O.BrH/c16-12-7-5-11(6-8-12)15(20)9-18-10-19(17)14-4-2-1-3-13(14)18;/h1-8,10H,9,17H2;1H/q+1;/p-1. The van der Waals surface area contributed by atoms with E-state index in [9.17, 15) is 4.79 Å². The summed E-state index contributed by atoms with van der Waals surface area (Å²) >= 11 is 5.82. The maximum absolute atomic E-state index is 12.3. The lowest BCUT2D eigenvalue weighted by atomic mass is 10.1. The van der Waals surface area contributed by atoms with Crippen LogP contribution in [0.25, 0.3) is 11.0 Å². The van der Waals surface area contributed by atoms with Crippen LogP contribution in [0.3, 0.4) is 0 Å². The van der Waals surface area contributed by atoms with Crippen LogP contribution in [0.2, 0.25) is 5.02 Å². The second kappa shape index (κ2) is 6.28. The van der Waals surface area contributed by atoms with E-state index in [1.165, 1.54) is 4.68 Å². The fourth-order valence-corrected chi connectivity index (χ4v) is 2.33. The van der Waals surface area contributed by atoms with Gasteiger partial charge < -0.3 is 17.0 Å². The predicted octanol–water partition coefficient (Wildman–Crippen LogP) is -0.817. The molecule has 3 aromatic rings. The molecule has 0 atom stereocenters. The number of para-hydroxylation sites is 2. The highest BCUT2D eigenvalue weighted by molar-refractivity contribution is 6.30. The predicted molar refractivity (Wildman–Crippen MR) is 78.1 cm³/mol. The number of ketones is 1. The fourth-order valence-electron chi connectivity index (χ4n) is 2.21. The Balaban J connectivity index is 0.00000161. The van der Waals surface area contributed by atoms with Crippen LogP contribution in [0.1, 0.15) is 10.4 Å². The highest BCUT2D eigenvalue weighted by atomic mass is 79.9. The molecule has 3 rings (SSSR count). The molecular weight excluding hydrogens is 354 g/mol. The van der Waals surface area contributed by atoms with Crippen molar-refractivity contribution >= 4 is 28.4 Å². The quantitative estimate of drug-likeness (QED) is 0.374. The molecule has 2 N–H and O–H groups in total. The van der Waals surface area contributed by atoms with E-state index in [0.29, 0.717) is 10.6 Å². The van der Waals surface area contributed by atoms with E-state index in [1.54, 1.807) is 30.6 Å². The minimum Gasteiger partial charge on any atom is -1.00 e. The lowest BCUT2D eigenvalue weighted by Gasteiger charge is -1.99. The van der Waals surface area contributed by atoms with E-state index < -0.39 is 0 Å². The second-order valence-corrected chi connectivity index (χ2v) is 5.01. The van der Waals surface area contributed by atoms with Crippen LogP contribution in [0.15, 0.2) is 54.9 Å². The van der Waals surface area contributed by atoms with Gasteiger partial charge in [-0.25, -0.2) is 4.57 Å². The number of fused-ring (bicyclic) bond motifs is 1. The third-order valence-corrected chi connectivity index (χ3v) is 3.47. The number of hydrogen-bond donors (Lipinski definition) is 1. The van der Waals surface area contributed by atoms with E-state index in [2.05, 4.69) is 0 Å². The summed E-state index contributed by atoms with van der Waals surface area (Å²) in [6.07, 6.45) is 1.72. The Bertz CT molecular complexity index is 783. The average Bonchev–Trinajstić information content (AvgIpc) is 2.77. The molecule has 0 spiro atoms. The smallest absolute Gasteiger partial charge is 0.268 e. The van der Waals surface area contributed by atoms with Gasteiger partial charge in [0.2, 0.25) is 5.78 Å². The third-order valence-electron chi connectivity index (χ3n) is 3.21. The first-order valence-corrected chi connectivity index (χ1v) is 6.56. The molecule has 108 valence electrons. The molecule has 0 saturated carbocycles. The van der Waals surface area contributed by atoms with E-state index >= 15 is 0 Å². The van der Waals surface area contributed by atoms with Crippen molar-refractivity contribution in [1.29, 1.82) is 0 Å². The lowest BCUT2D eigenvalue weighted by Crippen LogP contribution is -3.00. The molecule has 1 heterocycles. The Hall–Kier alpha value is -1.85. The molecule has 0 radical (unpaired) electrons. The number of aromatic nitrogens is 2. The number of carbonyl (C=O) groups is 1. The molecular formula is C15H13BrClN3O. The normalized spacial score (nSPS) is 10.3. The van der Waals surface area contributed by atoms with Gasteiger partial charge in [-0.15, -0.1) is 4.68 Å². The summed E-state index contributed by atoms with van der Waals surface area (Å²) in [4.78, 5) is 12.3. The minimum absolute atomic E-state index is 0.